The number of hydrogen-bond donors (Lipinski definition) is 1. The van der Waals surface area contributed by atoms with Gasteiger partial charge < -0.3 is 14.7 Å². The van der Waals surface area contributed by atoms with E-state index < -0.39 is 11.7 Å². The standard InChI is InChI=1S/C17H20F3N5O2/c1-21-10-15(26)25-7-5-24(6-8-25)11-14-22-16(23-27-14)12-3-2-4-13(9-12)17(18,19)20/h2-4,9,21H,5-8,10-11H2,1H3. The number of aromatic nitrogens is 2. The lowest BCUT2D eigenvalue weighted by atomic mass is 10.1. The maximum absolute atomic E-state index is 12.8. The molecule has 2 aromatic rings. The molecule has 1 N–H and O–H groups in total. The van der Waals surface area contributed by atoms with Crippen molar-refractivity contribution >= 4 is 5.91 Å². The van der Waals surface area contributed by atoms with E-state index in [0.717, 1.165) is 12.1 Å². The molecule has 0 aliphatic carbocycles. The van der Waals surface area contributed by atoms with E-state index in [0.29, 0.717) is 45.2 Å². The summed E-state index contributed by atoms with van der Waals surface area (Å²) in [4.78, 5) is 19.9. The molecule has 0 unspecified atom stereocenters. The molecule has 0 saturated carbocycles. The van der Waals surface area contributed by atoms with Crippen molar-refractivity contribution in [1.29, 1.82) is 0 Å². The summed E-state index contributed by atoms with van der Waals surface area (Å²) in [5.41, 5.74) is -0.504. The molecule has 0 spiro atoms. The summed E-state index contributed by atoms with van der Waals surface area (Å²) in [5, 5.41) is 6.63. The number of carbonyl (C=O) groups is 1. The molecule has 10 heteroatoms. The molecule has 2 heterocycles. The average molecular weight is 383 g/mol. The third-order valence-corrected chi connectivity index (χ3v) is 4.33. The van der Waals surface area contributed by atoms with Crippen LogP contribution in [0.15, 0.2) is 28.8 Å². The molecule has 1 saturated heterocycles. The van der Waals surface area contributed by atoms with Crippen molar-refractivity contribution in [2.24, 2.45) is 0 Å². The van der Waals surface area contributed by atoms with Gasteiger partial charge in [-0.15, -0.1) is 0 Å². The van der Waals surface area contributed by atoms with Gasteiger partial charge in [-0.05, 0) is 19.2 Å². The Morgan fingerprint density at radius 1 is 1.26 bits per heavy atom. The number of rotatable bonds is 5. The number of likely N-dealkylation sites (N-methyl/N-ethyl adjacent to an activating group) is 1. The van der Waals surface area contributed by atoms with Crippen LogP contribution in [-0.2, 0) is 17.5 Å². The highest BCUT2D eigenvalue weighted by molar-refractivity contribution is 5.78. The topological polar surface area (TPSA) is 74.5 Å². The molecular weight excluding hydrogens is 363 g/mol. The first-order valence-electron chi connectivity index (χ1n) is 8.52. The molecule has 1 amide bonds. The van der Waals surface area contributed by atoms with Crippen molar-refractivity contribution in [3.63, 3.8) is 0 Å². The number of hydrogen-bond acceptors (Lipinski definition) is 6. The summed E-state index contributed by atoms with van der Waals surface area (Å²) in [5.74, 6) is 0.512. The fraction of sp³-hybridized carbons (Fsp3) is 0.471. The van der Waals surface area contributed by atoms with Crippen LogP contribution in [-0.4, -0.2) is 65.6 Å². The molecule has 0 atom stereocenters. The number of carbonyl (C=O) groups excluding carboxylic acids is 1. The average Bonchev–Trinajstić information content (AvgIpc) is 3.10. The number of halogens is 3. The highest BCUT2D eigenvalue weighted by atomic mass is 19.4. The van der Waals surface area contributed by atoms with Crippen molar-refractivity contribution in [1.82, 2.24) is 25.3 Å². The van der Waals surface area contributed by atoms with E-state index in [-0.39, 0.29) is 17.3 Å². The molecule has 1 aliphatic heterocycles. The zero-order valence-corrected chi connectivity index (χ0v) is 14.8. The Bertz CT molecular complexity index is 785. The molecule has 1 aromatic carbocycles. The third-order valence-electron chi connectivity index (χ3n) is 4.33. The minimum Gasteiger partial charge on any atom is -0.339 e. The van der Waals surface area contributed by atoms with E-state index in [9.17, 15) is 18.0 Å². The number of amides is 1. The van der Waals surface area contributed by atoms with Crippen molar-refractivity contribution in [2.45, 2.75) is 12.7 Å². The van der Waals surface area contributed by atoms with Gasteiger partial charge in [0.05, 0.1) is 18.7 Å². The Morgan fingerprint density at radius 2 is 2.00 bits per heavy atom. The Kier molecular flexibility index (Phi) is 5.76. The Morgan fingerprint density at radius 3 is 2.67 bits per heavy atom. The molecular formula is C17H20F3N5O2. The summed E-state index contributed by atoms with van der Waals surface area (Å²) in [6.45, 7) is 3.24. The minimum atomic E-state index is -4.42. The predicted octanol–water partition coefficient (Wildman–Crippen LogP) is 1.62. The summed E-state index contributed by atoms with van der Waals surface area (Å²) in [7, 11) is 1.73. The SMILES string of the molecule is CNCC(=O)N1CCN(Cc2nc(-c3cccc(C(F)(F)F)c3)no2)CC1. The first-order chi connectivity index (χ1) is 12.9. The summed E-state index contributed by atoms with van der Waals surface area (Å²) >= 11 is 0. The number of nitrogens with zero attached hydrogens (tertiary/aromatic N) is 4. The molecule has 1 aliphatic rings. The molecule has 7 nitrogen and oxygen atoms in total. The van der Waals surface area contributed by atoms with E-state index in [1.807, 2.05) is 0 Å². The Labute approximate surface area is 154 Å². The molecule has 146 valence electrons. The minimum absolute atomic E-state index is 0.0572. The highest BCUT2D eigenvalue weighted by Crippen LogP contribution is 2.31. The van der Waals surface area contributed by atoms with E-state index in [4.69, 9.17) is 4.52 Å². The van der Waals surface area contributed by atoms with Crippen LogP contribution in [0, 0.1) is 0 Å². The zero-order valence-electron chi connectivity index (χ0n) is 14.8. The van der Waals surface area contributed by atoms with Gasteiger partial charge in [-0.1, -0.05) is 17.3 Å². The number of alkyl halides is 3. The second-order valence-corrected chi connectivity index (χ2v) is 6.28. The van der Waals surface area contributed by atoms with Crippen LogP contribution in [0.3, 0.4) is 0 Å². The van der Waals surface area contributed by atoms with Crippen molar-refractivity contribution in [3.8, 4) is 11.4 Å². The van der Waals surface area contributed by atoms with Crippen LogP contribution >= 0.6 is 0 Å². The zero-order chi connectivity index (χ0) is 19.4. The van der Waals surface area contributed by atoms with Crippen molar-refractivity contribution in [2.75, 3.05) is 39.8 Å². The number of piperazine rings is 1. The fourth-order valence-electron chi connectivity index (χ4n) is 2.88. The summed E-state index contributed by atoms with van der Waals surface area (Å²) in [6.07, 6.45) is -4.42. The van der Waals surface area contributed by atoms with Gasteiger partial charge in [0.1, 0.15) is 0 Å². The van der Waals surface area contributed by atoms with Gasteiger partial charge in [0.2, 0.25) is 17.6 Å². The lowest BCUT2D eigenvalue weighted by Crippen LogP contribution is -2.50. The van der Waals surface area contributed by atoms with E-state index in [1.165, 1.54) is 12.1 Å². The molecule has 0 bridgehead atoms. The van der Waals surface area contributed by atoms with E-state index >= 15 is 0 Å². The second-order valence-electron chi connectivity index (χ2n) is 6.28. The maximum atomic E-state index is 12.8. The first kappa shape index (κ1) is 19.3. The van der Waals surface area contributed by atoms with Crippen LogP contribution in [0.5, 0.6) is 0 Å². The molecule has 27 heavy (non-hydrogen) atoms. The van der Waals surface area contributed by atoms with Gasteiger partial charge in [0, 0.05) is 31.7 Å². The van der Waals surface area contributed by atoms with Crippen LogP contribution in [0.4, 0.5) is 13.2 Å². The van der Waals surface area contributed by atoms with Gasteiger partial charge in [-0.3, -0.25) is 9.69 Å². The van der Waals surface area contributed by atoms with Gasteiger partial charge >= 0.3 is 6.18 Å². The van der Waals surface area contributed by atoms with Crippen LogP contribution in [0.1, 0.15) is 11.5 Å². The molecule has 0 radical (unpaired) electrons. The largest absolute Gasteiger partial charge is 0.416 e. The predicted molar refractivity (Wildman–Crippen MR) is 90.5 cm³/mol. The molecule has 3 rings (SSSR count). The maximum Gasteiger partial charge on any atom is 0.416 e. The van der Waals surface area contributed by atoms with E-state index in [1.54, 1.807) is 11.9 Å². The van der Waals surface area contributed by atoms with Crippen molar-refractivity contribution in [3.05, 3.63) is 35.7 Å². The Hall–Kier alpha value is -2.46. The number of benzene rings is 1. The third kappa shape index (κ3) is 4.83. The van der Waals surface area contributed by atoms with E-state index in [2.05, 4.69) is 20.4 Å². The molecule has 1 aromatic heterocycles. The summed E-state index contributed by atoms with van der Waals surface area (Å²) < 4.78 is 43.7. The Balaban J connectivity index is 1.60. The normalized spacial score (nSPS) is 15.9. The van der Waals surface area contributed by atoms with Gasteiger partial charge in [0.15, 0.2) is 0 Å². The monoisotopic (exact) mass is 383 g/mol. The fourth-order valence-corrected chi connectivity index (χ4v) is 2.88. The smallest absolute Gasteiger partial charge is 0.339 e. The van der Waals surface area contributed by atoms with Crippen LogP contribution < -0.4 is 5.32 Å². The van der Waals surface area contributed by atoms with Crippen molar-refractivity contribution < 1.29 is 22.5 Å². The quantitative estimate of drug-likeness (QED) is 0.846. The van der Waals surface area contributed by atoms with Gasteiger partial charge in [0.25, 0.3) is 0 Å². The lowest BCUT2D eigenvalue weighted by molar-refractivity contribution is -0.137. The van der Waals surface area contributed by atoms with Crippen LogP contribution in [0.2, 0.25) is 0 Å². The first-order valence-corrected chi connectivity index (χ1v) is 8.52. The highest BCUT2D eigenvalue weighted by Gasteiger charge is 2.31. The van der Waals surface area contributed by atoms with Crippen LogP contribution in [0.25, 0.3) is 11.4 Å². The summed E-state index contributed by atoms with van der Waals surface area (Å²) in [6, 6.07) is 4.83. The lowest BCUT2D eigenvalue weighted by Gasteiger charge is -2.33. The van der Waals surface area contributed by atoms with Gasteiger partial charge in [-0.2, -0.15) is 18.2 Å². The second kappa shape index (κ2) is 8.05. The number of nitrogens with one attached hydrogen (secondary N) is 1. The van der Waals surface area contributed by atoms with Gasteiger partial charge in [-0.25, -0.2) is 0 Å². The molecule has 1 fully saturated rings.